The van der Waals surface area contributed by atoms with E-state index < -0.39 is 29.9 Å². The first-order chi connectivity index (χ1) is 18.4. The van der Waals surface area contributed by atoms with Gasteiger partial charge in [-0.15, -0.1) is 0 Å². The number of aliphatic carboxylic acids is 1. The molecule has 0 saturated carbocycles. The third kappa shape index (κ3) is 7.10. The fraction of sp³-hybridized carbons (Fsp3) is 0.214. The standard InChI is InChI=1S/C28H28N4O6/c33-25(31-23(16-26(34)35)20-9-5-2-6-10-20)18-32-13-14-38-24-12-11-21(15-22(24)27(32)36)30-28(37)29-17-19-7-3-1-4-8-19/h1-12,15,23H,13-14,16-18H2,(H,31,33)(H,34,35)(H2,29,30,37)/t23-/m1/s1. The molecule has 0 spiro atoms. The van der Waals surface area contributed by atoms with Crippen molar-refractivity contribution in [1.82, 2.24) is 15.5 Å². The van der Waals surface area contributed by atoms with E-state index in [0.29, 0.717) is 23.5 Å². The van der Waals surface area contributed by atoms with E-state index in [2.05, 4.69) is 16.0 Å². The normalized spacial score (nSPS) is 13.4. The molecule has 4 rings (SSSR count). The number of ether oxygens (including phenoxy) is 1. The molecule has 0 aromatic heterocycles. The number of carbonyl (C=O) groups excluding carboxylic acids is 3. The molecule has 0 aliphatic carbocycles. The molecule has 3 aromatic rings. The minimum atomic E-state index is -1.06. The number of nitrogens with zero attached hydrogens (tertiary/aromatic N) is 1. The number of hydrogen-bond donors (Lipinski definition) is 4. The molecule has 4 N–H and O–H groups in total. The van der Waals surface area contributed by atoms with Crippen LogP contribution in [-0.4, -0.2) is 53.5 Å². The first-order valence-corrected chi connectivity index (χ1v) is 12.1. The van der Waals surface area contributed by atoms with Gasteiger partial charge in [0, 0.05) is 12.2 Å². The zero-order valence-corrected chi connectivity index (χ0v) is 20.6. The first kappa shape index (κ1) is 26.2. The van der Waals surface area contributed by atoms with Gasteiger partial charge in [-0.2, -0.15) is 0 Å². The number of hydrogen-bond acceptors (Lipinski definition) is 5. The molecule has 1 heterocycles. The Hall–Kier alpha value is -4.86. The SMILES string of the molecule is O=C(O)C[C@@H](NC(=O)CN1CCOc2ccc(NC(=O)NCc3ccccc3)cc2C1=O)c1ccccc1. The molecule has 3 aromatic carbocycles. The van der Waals surface area contributed by atoms with Crippen LogP contribution in [0.5, 0.6) is 5.75 Å². The molecule has 1 atom stereocenters. The second kappa shape index (κ2) is 12.4. The number of carboxylic acids is 1. The molecule has 196 valence electrons. The van der Waals surface area contributed by atoms with Crippen molar-refractivity contribution in [1.29, 1.82) is 0 Å². The molecule has 0 bridgehead atoms. The van der Waals surface area contributed by atoms with Gasteiger partial charge in [0.15, 0.2) is 0 Å². The highest BCUT2D eigenvalue weighted by molar-refractivity contribution is 6.01. The summed E-state index contributed by atoms with van der Waals surface area (Å²) in [6, 6.07) is 21.8. The molecule has 10 nitrogen and oxygen atoms in total. The minimum Gasteiger partial charge on any atom is -0.491 e. The highest BCUT2D eigenvalue weighted by atomic mass is 16.5. The Morgan fingerprint density at radius 2 is 1.68 bits per heavy atom. The molecule has 10 heteroatoms. The number of fused-ring (bicyclic) bond motifs is 1. The largest absolute Gasteiger partial charge is 0.491 e. The Morgan fingerprint density at radius 1 is 0.974 bits per heavy atom. The van der Waals surface area contributed by atoms with Gasteiger partial charge in [-0.1, -0.05) is 60.7 Å². The van der Waals surface area contributed by atoms with Gasteiger partial charge in [0.2, 0.25) is 5.91 Å². The van der Waals surface area contributed by atoms with Gasteiger partial charge >= 0.3 is 12.0 Å². The lowest BCUT2D eigenvalue weighted by atomic mass is 10.0. The van der Waals surface area contributed by atoms with Gasteiger partial charge in [-0.3, -0.25) is 14.4 Å². The smallest absolute Gasteiger partial charge is 0.319 e. The van der Waals surface area contributed by atoms with Gasteiger partial charge < -0.3 is 30.7 Å². The Balaban J connectivity index is 1.40. The predicted molar refractivity (Wildman–Crippen MR) is 140 cm³/mol. The zero-order chi connectivity index (χ0) is 26.9. The van der Waals surface area contributed by atoms with Gasteiger partial charge in [0.05, 0.1) is 31.1 Å². The first-order valence-electron chi connectivity index (χ1n) is 12.1. The summed E-state index contributed by atoms with van der Waals surface area (Å²) in [5.74, 6) is -1.64. The van der Waals surface area contributed by atoms with Crippen LogP contribution in [0.25, 0.3) is 0 Å². The van der Waals surface area contributed by atoms with E-state index in [1.54, 1.807) is 42.5 Å². The third-order valence-electron chi connectivity index (χ3n) is 5.92. The molecule has 0 fully saturated rings. The van der Waals surface area contributed by atoms with Crippen LogP contribution in [0, 0.1) is 0 Å². The molecule has 0 unspecified atom stereocenters. The van der Waals surface area contributed by atoms with E-state index >= 15 is 0 Å². The van der Waals surface area contributed by atoms with E-state index in [9.17, 15) is 24.3 Å². The van der Waals surface area contributed by atoms with Crippen molar-refractivity contribution in [3.8, 4) is 5.75 Å². The summed E-state index contributed by atoms with van der Waals surface area (Å²) in [4.78, 5) is 51.2. The number of carbonyl (C=O) groups is 4. The number of carboxylic acid groups (broad SMARTS) is 1. The van der Waals surface area contributed by atoms with Gasteiger partial charge in [-0.25, -0.2) is 4.79 Å². The summed E-state index contributed by atoms with van der Waals surface area (Å²) in [5, 5.41) is 17.5. The van der Waals surface area contributed by atoms with Crippen LogP contribution >= 0.6 is 0 Å². The Morgan fingerprint density at radius 3 is 2.39 bits per heavy atom. The van der Waals surface area contributed by atoms with Crippen LogP contribution in [-0.2, 0) is 16.1 Å². The summed E-state index contributed by atoms with van der Waals surface area (Å²) in [7, 11) is 0. The molecular formula is C28H28N4O6. The topological polar surface area (TPSA) is 137 Å². The summed E-state index contributed by atoms with van der Waals surface area (Å²) in [6.45, 7) is 0.401. The van der Waals surface area contributed by atoms with Crippen LogP contribution in [0.2, 0.25) is 0 Å². The van der Waals surface area contributed by atoms with Crippen molar-refractivity contribution >= 4 is 29.5 Å². The van der Waals surface area contributed by atoms with Crippen molar-refractivity contribution in [2.45, 2.75) is 19.0 Å². The highest BCUT2D eigenvalue weighted by Gasteiger charge is 2.27. The lowest BCUT2D eigenvalue weighted by Gasteiger charge is -2.22. The van der Waals surface area contributed by atoms with Crippen LogP contribution in [0.4, 0.5) is 10.5 Å². The van der Waals surface area contributed by atoms with E-state index in [0.717, 1.165) is 5.56 Å². The van der Waals surface area contributed by atoms with Gasteiger partial charge in [0.1, 0.15) is 12.4 Å². The zero-order valence-electron chi connectivity index (χ0n) is 20.6. The highest BCUT2D eigenvalue weighted by Crippen LogP contribution is 2.26. The van der Waals surface area contributed by atoms with Crippen LogP contribution in [0.1, 0.15) is 33.9 Å². The third-order valence-corrected chi connectivity index (χ3v) is 5.92. The van der Waals surface area contributed by atoms with Crippen LogP contribution in [0.15, 0.2) is 78.9 Å². The number of amides is 4. The molecule has 1 aliphatic heterocycles. The lowest BCUT2D eigenvalue weighted by molar-refractivity contribution is -0.137. The maximum Gasteiger partial charge on any atom is 0.319 e. The average Bonchev–Trinajstić information content (AvgIpc) is 3.06. The summed E-state index contributed by atoms with van der Waals surface area (Å²) >= 11 is 0. The molecule has 38 heavy (non-hydrogen) atoms. The maximum absolute atomic E-state index is 13.3. The van der Waals surface area contributed by atoms with Crippen molar-refractivity contribution in [2.75, 3.05) is 25.0 Å². The van der Waals surface area contributed by atoms with Gasteiger partial charge in [0.25, 0.3) is 5.91 Å². The maximum atomic E-state index is 13.3. The number of nitrogens with one attached hydrogen (secondary N) is 3. The van der Waals surface area contributed by atoms with Crippen molar-refractivity contribution in [3.63, 3.8) is 0 Å². The van der Waals surface area contributed by atoms with Crippen molar-refractivity contribution in [3.05, 3.63) is 95.6 Å². The second-order valence-electron chi connectivity index (χ2n) is 8.71. The molecule has 4 amide bonds. The van der Waals surface area contributed by atoms with E-state index in [1.807, 2.05) is 30.3 Å². The number of rotatable bonds is 9. The monoisotopic (exact) mass is 516 g/mol. The fourth-order valence-corrected chi connectivity index (χ4v) is 4.07. The molecule has 0 radical (unpaired) electrons. The molecule has 1 aliphatic rings. The van der Waals surface area contributed by atoms with E-state index in [-0.39, 0.29) is 31.7 Å². The molecular weight excluding hydrogens is 488 g/mol. The van der Waals surface area contributed by atoms with Crippen molar-refractivity contribution in [2.24, 2.45) is 0 Å². The van der Waals surface area contributed by atoms with Crippen molar-refractivity contribution < 1.29 is 29.0 Å². The summed E-state index contributed by atoms with van der Waals surface area (Å²) in [6.07, 6.45) is -0.295. The Labute approximate surface area is 219 Å². The summed E-state index contributed by atoms with van der Waals surface area (Å²) < 4.78 is 5.70. The van der Waals surface area contributed by atoms with E-state index in [4.69, 9.17) is 4.74 Å². The van der Waals surface area contributed by atoms with Crippen LogP contribution in [0.3, 0.4) is 0 Å². The van der Waals surface area contributed by atoms with Crippen LogP contribution < -0.4 is 20.7 Å². The number of anilines is 1. The number of benzene rings is 3. The molecule has 0 saturated heterocycles. The minimum absolute atomic E-state index is 0.163. The van der Waals surface area contributed by atoms with E-state index in [1.165, 1.54) is 11.0 Å². The Bertz CT molecular complexity index is 1300. The quantitative estimate of drug-likeness (QED) is 0.345. The second-order valence-corrected chi connectivity index (χ2v) is 8.71. The average molecular weight is 517 g/mol. The lowest BCUT2D eigenvalue weighted by Crippen LogP contribution is -2.42. The van der Waals surface area contributed by atoms with Gasteiger partial charge in [-0.05, 0) is 29.3 Å². The number of urea groups is 1. The Kier molecular flexibility index (Phi) is 8.55. The predicted octanol–water partition coefficient (Wildman–Crippen LogP) is 3.18. The fourth-order valence-electron chi connectivity index (χ4n) is 4.07. The summed E-state index contributed by atoms with van der Waals surface area (Å²) in [5.41, 5.74) is 2.20.